The number of urea groups is 1. The van der Waals surface area contributed by atoms with Crippen LogP contribution in [-0.2, 0) is 11.3 Å². The molecule has 0 saturated carbocycles. The van der Waals surface area contributed by atoms with Gasteiger partial charge in [0, 0.05) is 6.54 Å². The molecular formula is C10H13FN2O2. The molecule has 0 aliphatic carbocycles. The van der Waals surface area contributed by atoms with Crippen LogP contribution in [0.2, 0.25) is 0 Å². The Hall–Kier alpha value is -1.62. The zero-order valence-electron chi connectivity index (χ0n) is 8.42. The van der Waals surface area contributed by atoms with E-state index in [0.29, 0.717) is 13.0 Å². The van der Waals surface area contributed by atoms with Gasteiger partial charge in [0.25, 0.3) is 0 Å². The molecule has 0 saturated heterocycles. The van der Waals surface area contributed by atoms with Crippen molar-refractivity contribution in [3.8, 4) is 0 Å². The molecule has 1 aromatic carbocycles. The number of amides is 2. The lowest BCUT2D eigenvalue weighted by molar-refractivity contribution is 0.107. The number of benzene rings is 1. The van der Waals surface area contributed by atoms with E-state index in [1.54, 1.807) is 12.1 Å². The van der Waals surface area contributed by atoms with E-state index in [1.165, 1.54) is 19.2 Å². The molecule has 1 aromatic rings. The highest BCUT2D eigenvalue weighted by molar-refractivity contribution is 5.72. The first-order valence-corrected chi connectivity index (χ1v) is 4.53. The largest absolute Gasteiger partial charge is 0.338 e. The van der Waals surface area contributed by atoms with Gasteiger partial charge in [-0.15, -0.1) is 0 Å². The monoisotopic (exact) mass is 212 g/mol. The van der Waals surface area contributed by atoms with Crippen molar-refractivity contribution in [2.45, 2.75) is 6.42 Å². The molecule has 0 aliphatic heterocycles. The van der Waals surface area contributed by atoms with Crippen LogP contribution < -0.4 is 10.8 Å². The lowest BCUT2D eigenvalue weighted by Gasteiger charge is -2.05. The van der Waals surface area contributed by atoms with Crippen molar-refractivity contribution >= 4 is 6.03 Å². The van der Waals surface area contributed by atoms with Gasteiger partial charge in [0.1, 0.15) is 5.82 Å². The Morgan fingerprint density at radius 2 is 2.33 bits per heavy atom. The molecule has 0 aliphatic rings. The molecule has 0 bridgehead atoms. The van der Waals surface area contributed by atoms with E-state index in [4.69, 9.17) is 0 Å². The zero-order valence-corrected chi connectivity index (χ0v) is 8.42. The summed E-state index contributed by atoms with van der Waals surface area (Å²) in [4.78, 5) is 15.3. The van der Waals surface area contributed by atoms with E-state index in [1.807, 2.05) is 0 Å². The maximum absolute atomic E-state index is 12.8. The topological polar surface area (TPSA) is 50.4 Å². The SMILES string of the molecule is CONC(=O)NCCc1cccc(F)c1. The van der Waals surface area contributed by atoms with Crippen LogP contribution in [0.3, 0.4) is 0 Å². The smallest absolute Gasteiger partial charge is 0.336 e. The molecule has 2 N–H and O–H groups in total. The van der Waals surface area contributed by atoms with Crippen LogP contribution in [0.15, 0.2) is 24.3 Å². The van der Waals surface area contributed by atoms with Crippen LogP contribution in [-0.4, -0.2) is 19.7 Å². The molecule has 2 amide bonds. The number of hydrogen-bond acceptors (Lipinski definition) is 2. The van der Waals surface area contributed by atoms with Gasteiger partial charge in [0.15, 0.2) is 0 Å². The Labute approximate surface area is 87.4 Å². The second kappa shape index (κ2) is 5.98. The molecule has 0 aromatic heterocycles. The third kappa shape index (κ3) is 4.42. The lowest BCUT2D eigenvalue weighted by Crippen LogP contribution is -2.35. The molecule has 1 rings (SSSR count). The predicted molar refractivity (Wildman–Crippen MR) is 53.6 cm³/mol. The number of carbonyl (C=O) groups excluding carboxylic acids is 1. The quantitative estimate of drug-likeness (QED) is 0.737. The predicted octanol–water partition coefficient (Wildman–Crippen LogP) is 1.23. The van der Waals surface area contributed by atoms with Crippen molar-refractivity contribution in [2.24, 2.45) is 0 Å². The van der Waals surface area contributed by atoms with Gasteiger partial charge < -0.3 is 5.32 Å². The van der Waals surface area contributed by atoms with Gasteiger partial charge in [-0.2, -0.15) is 0 Å². The minimum Gasteiger partial charge on any atom is -0.336 e. The minimum atomic E-state index is -0.408. The van der Waals surface area contributed by atoms with Crippen molar-refractivity contribution in [3.63, 3.8) is 0 Å². The Morgan fingerprint density at radius 3 is 3.00 bits per heavy atom. The minimum absolute atomic E-state index is 0.270. The lowest BCUT2D eigenvalue weighted by atomic mass is 10.1. The molecule has 0 heterocycles. The number of nitrogens with one attached hydrogen (secondary N) is 2. The van der Waals surface area contributed by atoms with Crippen LogP contribution in [0.4, 0.5) is 9.18 Å². The number of hydrogen-bond donors (Lipinski definition) is 2. The molecule has 4 nitrogen and oxygen atoms in total. The van der Waals surface area contributed by atoms with Crippen molar-refractivity contribution < 1.29 is 14.0 Å². The Bertz CT molecular complexity index is 331. The van der Waals surface area contributed by atoms with E-state index in [2.05, 4.69) is 15.6 Å². The van der Waals surface area contributed by atoms with Crippen molar-refractivity contribution in [2.75, 3.05) is 13.7 Å². The van der Waals surface area contributed by atoms with E-state index in [-0.39, 0.29) is 5.82 Å². The molecule has 0 atom stereocenters. The van der Waals surface area contributed by atoms with E-state index in [9.17, 15) is 9.18 Å². The Balaban J connectivity index is 2.28. The van der Waals surface area contributed by atoms with Crippen LogP contribution in [0.5, 0.6) is 0 Å². The molecule has 0 fully saturated rings. The van der Waals surface area contributed by atoms with Crippen LogP contribution in [0.1, 0.15) is 5.56 Å². The zero-order chi connectivity index (χ0) is 11.1. The summed E-state index contributed by atoms with van der Waals surface area (Å²) in [6, 6.07) is 5.86. The van der Waals surface area contributed by atoms with Crippen LogP contribution in [0.25, 0.3) is 0 Å². The van der Waals surface area contributed by atoms with Crippen molar-refractivity contribution in [1.29, 1.82) is 0 Å². The average molecular weight is 212 g/mol. The first-order valence-electron chi connectivity index (χ1n) is 4.53. The summed E-state index contributed by atoms with van der Waals surface area (Å²) in [5.74, 6) is -0.270. The molecule has 0 unspecified atom stereocenters. The fourth-order valence-corrected chi connectivity index (χ4v) is 1.14. The third-order valence-electron chi connectivity index (χ3n) is 1.78. The molecule has 0 spiro atoms. The van der Waals surface area contributed by atoms with Gasteiger partial charge in [-0.25, -0.2) is 14.7 Å². The summed E-state index contributed by atoms with van der Waals surface area (Å²) >= 11 is 0. The first kappa shape index (κ1) is 11.5. The van der Waals surface area contributed by atoms with Crippen LogP contribution in [0, 0.1) is 5.82 Å². The van der Waals surface area contributed by atoms with E-state index >= 15 is 0 Å². The number of halogens is 1. The van der Waals surface area contributed by atoms with Crippen molar-refractivity contribution in [1.82, 2.24) is 10.8 Å². The molecule has 82 valence electrons. The highest BCUT2D eigenvalue weighted by Crippen LogP contribution is 2.03. The Morgan fingerprint density at radius 1 is 1.53 bits per heavy atom. The Kier molecular flexibility index (Phi) is 4.56. The fourth-order valence-electron chi connectivity index (χ4n) is 1.14. The second-order valence-corrected chi connectivity index (χ2v) is 2.94. The summed E-state index contributed by atoms with van der Waals surface area (Å²) in [6.07, 6.45) is 0.578. The van der Waals surface area contributed by atoms with Gasteiger partial charge in [-0.3, -0.25) is 4.84 Å². The summed E-state index contributed by atoms with van der Waals surface area (Å²) < 4.78 is 12.8. The molecular weight excluding hydrogens is 199 g/mol. The molecule has 5 heteroatoms. The highest BCUT2D eigenvalue weighted by atomic mass is 19.1. The van der Waals surface area contributed by atoms with Gasteiger partial charge in [0.2, 0.25) is 0 Å². The summed E-state index contributed by atoms with van der Waals surface area (Å²) in [6.45, 7) is 0.429. The third-order valence-corrected chi connectivity index (χ3v) is 1.78. The number of carbonyl (C=O) groups is 1. The van der Waals surface area contributed by atoms with Gasteiger partial charge in [0.05, 0.1) is 7.11 Å². The van der Waals surface area contributed by atoms with E-state index < -0.39 is 6.03 Å². The normalized spacial score (nSPS) is 9.73. The highest BCUT2D eigenvalue weighted by Gasteiger charge is 1.98. The number of rotatable bonds is 4. The number of hydroxylamine groups is 1. The molecule has 0 radical (unpaired) electrons. The average Bonchev–Trinajstić information content (AvgIpc) is 2.18. The standard InChI is InChI=1S/C10H13FN2O2/c1-15-13-10(14)12-6-5-8-3-2-4-9(11)7-8/h2-4,7H,5-6H2,1H3,(H2,12,13,14). The summed E-state index contributed by atoms with van der Waals surface area (Å²) in [5.41, 5.74) is 2.96. The van der Waals surface area contributed by atoms with Crippen LogP contribution >= 0.6 is 0 Å². The van der Waals surface area contributed by atoms with Gasteiger partial charge in [-0.05, 0) is 24.1 Å². The summed E-state index contributed by atoms with van der Waals surface area (Å²) in [7, 11) is 1.35. The van der Waals surface area contributed by atoms with Gasteiger partial charge >= 0.3 is 6.03 Å². The first-order chi connectivity index (χ1) is 7.22. The van der Waals surface area contributed by atoms with Gasteiger partial charge in [-0.1, -0.05) is 12.1 Å². The maximum atomic E-state index is 12.8. The van der Waals surface area contributed by atoms with E-state index in [0.717, 1.165) is 5.56 Å². The van der Waals surface area contributed by atoms with Crippen molar-refractivity contribution in [3.05, 3.63) is 35.6 Å². The maximum Gasteiger partial charge on any atom is 0.338 e. The second-order valence-electron chi connectivity index (χ2n) is 2.94. The summed E-state index contributed by atoms with van der Waals surface area (Å²) in [5, 5.41) is 2.55. The fraction of sp³-hybridized carbons (Fsp3) is 0.300. The molecule has 15 heavy (non-hydrogen) atoms.